The molecule has 0 aliphatic heterocycles. The van der Waals surface area contributed by atoms with E-state index in [-0.39, 0.29) is 4.90 Å². The van der Waals surface area contributed by atoms with E-state index in [1.54, 1.807) is 30.5 Å². The maximum Gasteiger partial charge on any atom is 0.243 e. The molecule has 0 radical (unpaired) electrons. The Hall–Kier alpha value is -2.51. The zero-order valence-corrected chi connectivity index (χ0v) is 15.0. The molecule has 0 aliphatic rings. The second kappa shape index (κ2) is 7.16. The molecule has 1 aromatic heterocycles. The Balaban J connectivity index is 1.92. The number of rotatable bonds is 6. The third kappa shape index (κ3) is 3.47. The molecule has 1 N–H and O–H groups in total. The Morgan fingerprint density at radius 2 is 1.76 bits per heavy atom. The number of azo groups is 1. The van der Waals surface area contributed by atoms with E-state index in [1.165, 1.54) is 4.31 Å². The van der Waals surface area contributed by atoms with Crippen LogP contribution in [0.4, 0.5) is 11.4 Å². The molecule has 0 saturated heterocycles. The minimum Gasteiger partial charge on any atom is -0.359 e. The molecule has 7 heteroatoms. The quantitative estimate of drug-likeness (QED) is 0.654. The number of benzene rings is 2. The molecule has 130 valence electrons. The fourth-order valence-electron chi connectivity index (χ4n) is 2.67. The number of aromatic amines is 1. The highest BCUT2D eigenvalue weighted by Gasteiger charge is 2.21. The average molecular weight is 356 g/mol. The molecule has 0 unspecified atom stereocenters. The van der Waals surface area contributed by atoms with Gasteiger partial charge in [-0.3, -0.25) is 0 Å². The standard InChI is InChI=1S/C18H20N4O2S/c1-3-22(4-2)25(23,24)15-9-7-8-14(12-15)20-21-18-13-19-17-11-6-5-10-16(17)18/h5-13,19H,3-4H2,1-2H3. The number of para-hydroxylation sites is 1. The summed E-state index contributed by atoms with van der Waals surface area (Å²) in [6.45, 7) is 4.50. The monoisotopic (exact) mass is 356 g/mol. The summed E-state index contributed by atoms with van der Waals surface area (Å²) in [6, 6.07) is 14.4. The van der Waals surface area contributed by atoms with Gasteiger partial charge in [-0.1, -0.05) is 38.1 Å². The molecule has 0 aliphatic carbocycles. The third-order valence-electron chi connectivity index (χ3n) is 4.00. The average Bonchev–Trinajstić information content (AvgIpc) is 3.04. The number of nitrogens with one attached hydrogen (secondary N) is 1. The highest BCUT2D eigenvalue weighted by atomic mass is 32.2. The van der Waals surface area contributed by atoms with E-state index in [9.17, 15) is 8.42 Å². The van der Waals surface area contributed by atoms with Crippen LogP contribution in [-0.4, -0.2) is 30.8 Å². The van der Waals surface area contributed by atoms with Gasteiger partial charge in [0.2, 0.25) is 10.0 Å². The molecule has 6 nitrogen and oxygen atoms in total. The van der Waals surface area contributed by atoms with Gasteiger partial charge < -0.3 is 4.98 Å². The van der Waals surface area contributed by atoms with Crippen LogP contribution in [0.3, 0.4) is 0 Å². The summed E-state index contributed by atoms with van der Waals surface area (Å²) >= 11 is 0. The summed E-state index contributed by atoms with van der Waals surface area (Å²) in [4.78, 5) is 3.36. The molecule has 0 amide bonds. The fourth-order valence-corrected chi connectivity index (χ4v) is 4.17. The molecule has 25 heavy (non-hydrogen) atoms. The second-order valence-corrected chi connectivity index (χ2v) is 7.44. The van der Waals surface area contributed by atoms with E-state index < -0.39 is 10.0 Å². The van der Waals surface area contributed by atoms with Crippen LogP contribution < -0.4 is 0 Å². The van der Waals surface area contributed by atoms with Crippen molar-refractivity contribution < 1.29 is 8.42 Å². The summed E-state index contributed by atoms with van der Waals surface area (Å²) < 4.78 is 26.6. The molecule has 3 aromatic rings. The van der Waals surface area contributed by atoms with Gasteiger partial charge in [-0.25, -0.2) is 8.42 Å². The number of aromatic nitrogens is 1. The number of H-pyrrole nitrogens is 1. The zero-order chi connectivity index (χ0) is 17.9. The van der Waals surface area contributed by atoms with Gasteiger partial charge in [0.25, 0.3) is 0 Å². The maximum absolute atomic E-state index is 12.6. The third-order valence-corrected chi connectivity index (χ3v) is 6.05. The second-order valence-electron chi connectivity index (χ2n) is 5.51. The van der Waals surface area contributed by atoms with Crippen LogP contribution in [0.25, 0.3) is 10.9 Å². The van der Waals surface area contributed by atoms with Gasteiger partial charge in [-0.05, 0) is 24.3 Å². The number of sulfonamides is 1. The van der Waals surface area contributed by atoms with Gasteiger partial charge in [0.15, 0.2) is 0 Å². The molecule has 2 aromatic carbocycles. The zero-order valence-electron chi connectivity index (χ0n) is 14.2. The highest BCUT2D eigenvalue weighted by Crippen LogP contribution is 2.28. The lowest BCUT2D eigenvalue weighted by Crippen LogP contribution is -2.30. The summed E-state index contributed by atoms with van der Waals surface area (Å²) in [6.07, 6.45) is 1.78. The van der Waals surface area contributed by atoms with Crippen LogP contribution in [-0.2, 0) is 10.0 Å². The predicted molar refractivity (Wildman–Crippen MR) is 99.0 cm³/mol. The highest BCUT2D eigenvalue weighted by molar-refractivity contribution is 7.89. The lowest BCUT2D eigenvalue weighted by molar-refractivity contribution is 0.445. The van der Waals surface area contributed by atoms with Gasteiger partial charge in [0.1, 0.15) is 5.69 Å². The Bertz CT molecular complexity index is 1000. The van der Waals surface area contributed by atoms with Gasteiger partial charge >= 0.3 is 0 Å². The SMILES string of the molecule is CCN(CC)S(=O)(=O)c1cccc(N=Nc2c[nH]c3ccccc23)c1. The number of fused-ring (bicyclic) bond motifs is 1. The molecule has 0 fully saturated rings. The summed E-state index contributed by atoms with van der Waals surface area (Å²) in [5.41, 5.74) is 2.19. The van der Waals surface area contributed by atoms with Crippen LogP contribution in [0.5, 0.6) is 0 Å². The van der Waals surface area contributed by atoms with Crippen molar-refractivity contribution in [1.82, 2.24) is 9.29 Å². The number of nitrogens with zero attached hydrogens (tertiary/aromatic N) is 3. The Morgan fingerprint density at radius 3 is 2.52 bits per heavy atom. The van der Waals surface area contributed by atoms with Crippen LogP contribution in [0.2, 0.25) is 0 Å². The van der Waals surface area contributed by atoms with Crippen molar-refractivity contribution in [3.05, 3.63) is 54.7 Å². The molecule has 0 saturated carbocycles. The molecule has 1 heterocycles. The Labute approximate surface area is 147 Å². The predicted octanol–water partition coefficient (Wildman–Crippen LogP) is 4.61. The molecule has 0 spiro atoms. The van der Waals surface area contributed by atoms with E-state index in [4.69, 9.17) is 0 Å². The minimum absolute atomic E-state index is 0.228. The lowest BCUT2D eigenvalue weighted by Gasteiger charge is -2.18. The first-order valence-electron chi connectivity index (χ1n) is 8.14. The largest absolute Gasteiger partial charge is 0.359 e. The fraction of sp³-hybridized carbons (Fsp3) is 0.222. The summed E-state index contributed by atoms with van der Waals surface area (Å²) in [5.74, 6) is 0. The van der Waals surface area contributed by atoms with Gasteiger partial charge in [-0.2, -0.15) is 9.42 Å². The van der Waals surface area contributed by atoms with Gasteiger partial charge in [-0.15, -0.1) is 5.11 Å². The first kappa shape index (κ1) is 17.3. The maximum atomic E-state index is 12.6. The first-order chi connectivity index (χ1) is 12.1. The van der Waals surface area contributed by atoms with Gasteiger partial charge in [0.05, 0.1) is 10.6 Å². The number of hydrogen-bond acceptors (Lipinski definition) is 4. The Morgan fingerprint density at radius 1 is 1.00 bits per heavy atom. The van der Waals surface area contributed by atoms with Crippen LogP contribution in [0.1, 0.15) is 13.8 Å². The molecular formula is C18H20N4O2S. The van der Waals surface area contributed by atoms with E-state index in [0.29, 0.717) is 24.5 Å². The van der Waals surface area contributed by atoms with Crippen molar-refractivity contribution >= 4 is 32.3 Å². The van der Waals surface area contributed by atoms with Crippen LogP contribution >= 0.6 is 0 Å². The molecule has 0 bridgehead atoms. The molecule has 3 rings (SSSR count). The molecule has 0 atom stereocenters. The smallest absolute Gasteiger partial charge is 0.243 e. The van der Waals surface area contributed by atoms with Crippen LogP contribution in [0.15, 0.2) is 69.9 Å². The van der Waals surface area contributed by atoms with Crippen molar-refractivity contribution in [2.24, 2.45) is 10.2 Å². The Kier molecular flexibility index (Phi) is 4.96. The van der Waals surface area contributed by atoms with Crippen molar-refractivity contribution in [3.63, 3.8) is 0 Å². The molecular weight excluding hydrogens is 336 g/mol. The lowest BCUT2D eigenvalue weighted by atomic mass is 10.2. The van der Waals surface area contributed by atoms with E-state index in [2.05, 4.69) is 15.2 Å². The van der Waals surface area contributed by atoms with Crippen molar-refractivity contribution in [2.75, 3.05) is 13.1 Å². The van der Waals surface area contributed by atoms with E-state index in [0.717, 1.165) is 10.9 Å². The van der Waals surface area contributed by atoms with Crippen molar-refractivity contribution in [3.8, 4) is 0 Å². The minimum atomic E-state index is -3.50. The summed E-state index contributed by atoms with van der Waals surface area (Å²) in [5, 5.41) is 9.43. The summed E-state index contributed by atoms with van der Waals surface area (Å²) in [7, 11) is -3.50. The topological polar surface area (TPSA) is 77.9 Å². The number of hydrogen-bond donors (Lipinski definition) is 1. The van der Waals surface area contributed by atoms with Crippen molar-refractivity contribution in [1.29, 1.82) is 0 Å². The van der Waals surface area contributed by atoms with Crippen molar-refractivity contribution in [2.45, 2.75) is 18.7 Å². The van der Waals surface area contributed by atoms with E-state index in [1.807, 2.05) is 38.1 Å². The first-order valence-corrected chi connectivity index (χ1v) is 9.58. The van der Waals surface area contributed by atoms with E-state index >= 15 is 0 Å². The normalized spacial score (nSPS) is 12.4. The van der Waals surface area contributed by atoms with Gasteiger partial charge in [0, 0.05) is 30.2 Å². The van der Waals surface area contributed by atoms with Crippen LogP contribution in [0, 0.1) is 0 Å².